The van der Waals surface area contributed by atoms with Crippen LogP contribution in [0.4, 0.5) is 0 Å². The standard InChI is InChI=1S/C14H21N3O2/c1-18-14(19-2)10-15-8-5-9-17-11-16-12-6-3-4-7-13(12)17/h3-4,6-7,11,14-15H,5,8-10H2,1-2H3. The lowest BCUT2D eigenvalue weighted by Gasteiger charge is -2.14. The summed E-state index contributed by atoms with van der Waals surface area (Å²) in [5.41, 5.74) is 2.24. The van der Waals surface area contributed by atoms with Crippen molar-refractivity contribution in [2.24, 2.45) is 0 Å². The molecule has 1 aromatic heterocycles. The Morgan fingerprint density at radius 3 is 2.84 bits per heavy atom. The largest absolute Gasteiger partial charge is 0.355 e. The van der Waals surface area contributed by atoms with E-state index in [-0.39, 0.29) is 6.29 Å². The monoisotopic (exact) mass is 263 g/mol. The zero-order valence-electron chi connectivity index (χ0n) is 11.5. The minimum Gasteiger partial charge on any atom is -0.355 e. The first-order valence-electron chi connectivity index (χ1n) is 6.51. The number of hydrogen-bond acceptors (Lipinski definition) is 4. The summed E-state index contributed by atoms with van der Waals surface area (Å²) in [6, 6.07) is 8.19. The van der Waals surface area contributed by atoms with Crippen molar-refractivity contribution in [1.82, 2.24) is 14.9 Å². The minimum absolute atomic E-state index is 0.172. The van der Waals surface area contributed by atoms with Crippen molar-refractivity contribution in [3.8, 4) is 0 Å². The van der Waals surface area contributed by atoms with Gasteiger partial charge >= 0.3 is 0 Å². The van der Waals surface area contributed by atoms with E-state index in [1.54, 1.807) is 14.2 Å². The van der Waals surface area contributed by atoms with Gasteiger partial charge in [-0.05, 0) is 25.1 Å². The number of ether oxygens (including phenoxy) is 2. The minimum atomic E-state index is -0.172. The van der Waals surface area contributed by atoms with Crippen molar-refractivity contribution in [3.05, 3.63) is 30.6 Å². The lowest BCUT2D eigenvalue weighted by atomic mass is 10.3. The number of nitrogens with one attached hydrogen (secondary N) is 1. The van der Waals surface area contributed by atoms with Gasteiger partial charge in [0.2, 0.25) is 0 Å². The van der Waals surface area contributed by atoms with Gasteiger partial charge in [0.05, 0.1) is 17.4 Å². The molecule has 1 N–H and O–H groups in total. The number of imidazole rings is 1. The highest BCUT2D eigenvalue weighted by Crippen LogP contribution is 2.11. The molecule has 2 aromatic rings. The zero-order valence-corrected chi connectivity index (χ0v) is 11.5. The van der Waals surface area contributed by atoms with E-state index in [2.05, 4.69) is 20.9 Å². The van der Waals surface area contributed by atoms with Crippen molar-refractivity contribution in [2.45, 2.75) is 19.3 Å². The summed E-state index contributed by atoms with van der Waals surface area (Å²) in [4.78, 5) is 4.37. The molecule has 19 heavy (non-hydrogen) atoms. The van der Waals surface area contributed by atoms with Crippen LogP contribution in [0.1, 0.15) is 6.42 Å². The Hall–Kier alpha value is -1.43. The fourth-order valence-corrected chi connectivity index (χ4v) is 2.05. The third kappa shape index (κ3) is 3.76. The Labute approximate surface area is 113 Å². The second kappa shape index (κ2) is 7.23. The Morgan fingerprint density at radius 1 is 1.26 bits per heavy atom. The van der Waals surface area contributed by atoms with E-state index in [9.17, 15) is 0 Å². The summed E-state index contributed by atoms with van der Waals surface area (Å²) in [5.74, 6) is 0. The summed E-state index contributed by atoms with van der Waals surface area (Å²) >= 11 is 0. The highest BCUT2D eigenvalue weighted by Gasteiger charge is 2.04. The van der Waals surface area contributed by atoms with Crippen LogP contribution in [0.15, 0.2) is 30.6 Å². The SMILES string of the molecule is COC(CNCCCn1cnc2ccccc21)OC. The number of para-hydroxylation sites is 2. The molecule has 0 fully saturated rings. The van der Waals surface area contributed by atoms with Crippen molar-refractivity contribution in [1.29, 1.82) is 0 Å². The second-order valence-corrected chi connectivity index (χ2v) is 4.39. The second-order valence-electron chi connectivity index (χ2n) is 4.39. The molecule has 0 bridgehead atoms. The lowest BCUT2D eigenvalue weighted by Crippen LogP contribution is -2.30. The van der Waals surface area contributed by atoms with Crippen LogP contribution in [0.3, 0.4) is 0 Å². The maximum Gasteiger partial charge on any atom is 0.169 e. The molecule has 5 heteroatoms. The number of fused-ring (bicyclic) bond motifs is 1. The highest BCUT2D eigenvalue weighted by molar-refractivity contribution is 5.74. The average Bonchev–Trinajstić information content (AvgIpc) is 2.86. The van der Waals surface area contributed by atoms with Crippen molar-refractivity contribution in [2.75, 3.05) is 27.3 Å². The zero-order chi connectivity index (χ0) is 13.5. The van der Waals surface area contributed by atoms with E-state index in [4.69, 9.17) is 9.47 Å². The van der Waals surface area contributed by atoms with Gasteiger partial charge in [-0.1, -0.05) is 12.1 Å². The highest BCUT2D eigenvalue weighted by atomic mass is 16.7. The van der Waals surface area contributed by atoms with E-state index in [0.29, 0.717) is 6.54 Å². The van der Waals surface area contributed by atoms with Gasteiger partial charge in [-0.3, -0.25) is 0 Å². The van der Waals surface area contributed by atoms with E-state index in [1.165, 1.54) is 5.52 Å². The van der Waals surface area contributed by atoms with Gasteiger partial charge in [-0.2, -0.15) is 0 Å². The first kappa shape index (κ1) is 14.0. The summed E-state index contributed by atoms with van der Waals surface area (Å²) in [6.07, 6.45) is 2.77. The molecule has 0 atom stereocenters. The van der Waals surface area contributed by atoms with Gasteiger partial charge < -0.3 is 19.4 Å². The van der Waals surface area contributed by atoms with Crippen LogP contribution < -0.4 is 5.32 Å². The topological polar surface area (TPSA) is 48.3 Å². The average molecular weight is 263 g/mol. The number of benzene rings is 1. The van der Waals surface area contributed by atoms with Crippen molar-refractivity contribution >= 4 is 11.0 Å². The van der Waals surface area contributed by atoms with Crippen LogP contribution in [-0.4, -0.2) is 43.2 Å². The Kier molecular flexibility index (Phi) is 5.32. The molecule has 1 heterocycles. The molecule has 0 aliphatic rings. The molecule has 104 valence electrons. The van der Waals surface area contributed by atoms with E-state index >= 15 is 0 Å². The third-order valence-corrected chi connectivity index (χ3v) is 3.12. The van der Waals surface area contributed by atoms with Crippen molar-refractivity contribution < 1.29 is 9.47 Å². The van der Waals surface area contributed by atoms with Gasteiger partial charge in [-0.15, -0.1) is 0 Å². The van der Waals surface area contributed by atoms with Gasteiger partial charge in [0.25, 0.3) is 0 Å². The van der Waals surface area contributed by atoms with Crippen LogP contribution in [-0.2, 0) is 16.0 Å². The number of methoxy groups -OCH3 is 2. The van der Waals surface area contributed by atoms with E-state index in [0.717, 1.165) is 25.0 Å². The van der Waals surface area contributed by atoms with Crippen molar-refractivity contribution in [3.63, 3.8) is 0 Å². The summed E-state index contributed by atoms with van der Waals surface area (Å²) in [5, 5.41) is 3.31. The molecular weight excluding hydrogens is 242 g/mol. The van der Waals surface area contributed by atoms with Crippen LogP contribution >= 0.6 is 0 Å². The van der Waals surface area contributed by atoms with E-state index in [1.807, 2.05) is 24.5 Å². The van der Waals surface area contributed by atoms with Crippen LogP contribution in [0.5, 0.6) is 0 Å². The molecule has 0 unspecified atom stereocenters. The fourth-order valence-electron chi connectivity index (χ4n) is 2.05. The molecule has 0 saturated carbocycles. The predicted octanol–water partition coefficient (Wildman–Crippen LogP) is 1.63. The van der Waals surface area contributed by atoms with Crippen LogP contribution in [0, 0.1) is 0 Å². The number of rotatable bonds is 8. The molecule has 2 rings (SSSR count). The molecule has 0 saturated heterocycles. The van der Waals surface area contributed by atoms with Gasteiger partial charge in [0.15, 0.2) is 6.29 Å². The maximum absolute atomic E-state index is 5.11. The number of hydrogen-bond donors (Lipinski definition) is 1. The molecule has 5 nitrogen and oxygen atoms in total. The predicted molar refractivity (Wildman–Crippen MR) is 75.0 cm³/mol. The molecule has 0 amide bonds. The summed E-state index contributed by atoms with van der Waals surface area (Å²) in [6.45, 7) is 2.59. The summed E-state index contributed by atoms with van der Waals surface area (Å²) in [7, 11) is 3.29. The van der Waals surface area contributed by atoms with Gasteiger partial charge in [0, 0.05) is 27.3 Å². The lowest BCUT2D eigenvalue weighted by molar-refractivity contribution is -0.0986. The Balaban J connectivity index is 1.74. The smallest absolute Gasteiger partial charge is 0.169 e. The summed E-state index contributed by atoms with van der Waals surface area (Å²) < 4.78 is 12.4. The molecule has 0 aliphatic carbocycles. The molecule has 0 radical (unpaired) electrons. The molecule has 0 aliphatic heterocycles. The first-order valence-corrected chi connectivity index (χ1v) is 6.51. The Morgan fingerprint density at radius 2 is 2.05 bits per heavy atom. The van der Waals surface area contributed by atoms with Crippen LogP contribution in [0.2, 0.25) is 0 Å². The number of nitrogens with zero attached hydrogens (tertiary/aromatic N) is 2. The molecule has 1 aromatic carbocycles. The molecular formula is C14H21N3O2. The first-order chi connectivity index (χ1) is 9.35. The van der Waals surface area contributed by atoms with E-state index < -0.39 is 0 Å². The number of aryl methyl sites for hydroxylation is 1. The quantitative estimate of drug-likeness (QED) is 0.581. The van der Waals surface area contributed by atoms with Gasteiger partial charge in [-0.25, -0.2) is 4.98 Å². The van der Waals surface area contributed by atoms with Gasteiger partial charge in [0.1, 0.15) is 0 Å². The van der Waals surface area contributed by atoms with Crippen LogP contribution in [0.25, 0.3) is 11.0 Å². The fraction of sp³-hybridized carbons (Fsp3) is 0.500. The number of aromatic nitrogens is 2. The third-order valence-electron chi connectivity index (χ3n) is 3.12. The Bertz CT molecular complexity index is 494. The molecule has 0 spiro atoms. The normalized spacial score (nSPS) is 11.5. The maximum atomic E-state index is 5.11.